The summed E-state index contributed by atoms with van der Waals surface area (Å²) in [5.41, 5.74) is 1.87. The third-order valence-electron chi connectivity index (χ3n) is 3.53. The zero-order chi connectivity index (χ0) is 16.8. The van der Waals surface area contributed by atoms with Crippen molar-refractivity contribution in [2.24, 2.45) is 0 Å². The van der Waals surface area contributed by atoms with Gasteiger partial charge in [0.15, 0.2) is 11.6 Å². The molecule has 0 aliphatic carbocycles. The van der Waals surface area contributed by atoms with Crippen molar-refractivity contribution in [1.29, 1.82) is 0 Å². The van der Waals surface area contributed by atoms with E-state index in [4.69, 9.17) is 0 Å². The molecule has 0 fully saturated rings. The second-order valence-corrected chi connectivity index (χ2v) is 5.69. The number of rotatable bonds is 7. The number of pyridine rings is 1. The number of hydrogen-bond donors (Lipinski definition) is 1. The molecule has 1 N–H and O–H groups in total. The van der Waals surface area contributed by atoms with E-state index in [2.05, 4.69) is 32.3 Å². The summed E-state index contributed by atoms with van der Waals surface area (Å²) in [5.74, 6) is 1.17. The minimum atomic E-state index is 0.0946. The molecule has 0 aliphatic rings. The number of hydrogen-bond acceptors (Lipinski definition) is 5. The molecule has 0 spiro atoms. The second kappa shape index (κ2) is 7.61. The van der Waals surface area contributed by atoms with Gasteiger partial charge in [0.1, 0.15) is 11.5 Å². The van der Waals surface area contributed by atoms with Crippen molar-refractivity contribution in [2.45, 2.75) is 13.0 Å². The highest BCUT2D eigenvalue weighted by molar-refractivity contribution is 5.82. The van der Waals surface area contributed by atoms with E-state index in [1.807, 2.05) is 48.3 Å². The molecule has 0 aliphatic heterocycles. The Labute approximate surface area is 140 Å². The molecule has 0 bridgehead atoms. The lowest BCUT2D eigenvalue weighted by Gasteiger charge is -2.15. The van der Waals surface area contributed by atoms with Gasteiger partial charge >= 0.3 is 0 Å². The zero-order valence-electron chi connectivity index (χ0n) is 13.5. The molecule has 0 radical (unpaired) electrons. The molecular formula is C18H19N5O. The maximum Gasteiger partial charge on any atom is 0.199 e. The van der Waals surface area contributed by atoms with Crippen molar-refractivity contribution < 1.29 is 4.79 Å². The second-order valence-electron chi connectivity index (χ2n) is 5.69. The number of aromatic amines is 1. The van der Waals surface area contributed by atoms with Gasteiger partial charge in [0.25, 0.3) is 0 Å². The number of carbonyl (C=O) groups excluding carboxylic acids is 1. The number of nitrogens with zero attached hydrogens (tertiary/aromatic N) is 4. The molecule has 6 heteroatoms. The van der Waals surface area contributed by atoms with Crippen molar-refractivity contribution in [2.75, 3.05) is 13.6 Å². The molecule has 0 unspecified atom stereocenters. The van der Waals surface area contributed by atoms with Gasteiger partial charge in [-0.2, -0.15) is 5.10 Å². The van der Waals surface area contributed by atoms with Gasteiger partial charge in [0.05, 0.1) is 13.0 Å². The van der Waals surface area contributed by atoms with Gasteiger partial charge in [-0.15, -0.1) is 0 Å². The molecule has 2 heterocycles. The summed E-state index contributed by atoms with van der Waals surface area (Å²) in [4.78, 5) is 22.7. The van der Waals surface area contributed by atoms with Gasteiger partial charge in [0.2, 0.25) is 0 Å². The number of ketones is 1. The zero-order valence-corrected chi connectivity index (χ0v) is 13.5. The minimum absolute atomic E-state index is 0.0946. The number of benzene rings is 1. The third-order valence-corrected chi connectivity index (χ3v) is 3.53. The largest absolute Gasteiger partial charge is 0.298 e. The van der Waals surface area contributed by atoms with Crippen molar-refractivity contribution in [1.82, 2.24) is 25.1 Å². The number of likely N-dealkylation sites (N-methyl/N-ethyl adjacent to an activating group) is 1. The first-order valence-corrected chi connectivity index (χ1v) is 7.77. The van der Waals surface area contributed by atoms with Crippen LogP contribution in [0.1, 0.15) is 11.4 Å². The smallest absolute Gasteiger partial charge is 0.199 e. The summed E-state index contributed by atoms with van der Waals surface area (Å²) in [6, 6.07) is 15.6. The molecule has 0 saturated heterocycles. The number of carbonyl (C=O) groups is 1. The fourth-order valence-corrected chi connectivity index (χ4v) is 2.48. The monoisotopic (exact) mass is 321 g/mol. The Kier molecular flexibility index (Phi) is 5.08. The Morgan fingerprint density at radius 3 is 2.67 bits per heavy atom. The Morgan fingerprint density at radius 1 is 1.12 bits per heavy atom. The molecule has 0 atom stereocenters. The van der Waals surface area contributed by atoms with E-state index in [9.17, 15) is 4.79 Å². The lowest BCUT2D eigenvalue weighted by Crippen LogP contribution is -2.26. The van der Waals surface area contributed by atoms with Crippen molar-refractivity contribution >= 4 is 5.78 Å². The van der Waals surface area contributed by atoms with E-state index in [0.717, 1.165) is 6.54 Å². The lowest BCUT2D eigenvalue weighted by atomic mass is 10.2. The Balaban J connectivity index is 1.54. The van der Waals surface area contributed by atoms with Crippen LogP contribution in [0, 0.1) is 0 Å². The van der Waals surface area contributed by atoms with Crippen LogP contribution >= 0.6 is 0 Å². The summed E-state index contributed by atoms with van der Waals surface area (Å²) in [5, 5.41) is 6.94. The Morgan fingerprint density at radius 2 is 1.92 bits per heavy atom. The standard InChI is InChI=1S/C18H19N5O/c1-23(12-14-7-3-2-4-8-14)13-15(24)11-17-20-18(22-21-17)16-9-5-6-10-19-16/h2-10H,11-13H2,1H3,(H,20,21,22). The van der Waals surface area contributed by atoms with Crippen LogP contribution in [-0.2, 0) is 17.8 Å². The van der Waals surface area contributed by atoms with E-state index < -0.39 is 0 Å². The number of nitrogens with one attached hydrogen (secondary N) is 1. The number of Topliss-reactive ketones (excluding diaryl/α,β-unsaturated/α-hetero) is 1. The maximum atomic E-state index is 12.2. The summed E-state index contributed by atoms with van der Waals surface area (Å²) < 4.78 is 0. The summed E-state index contributed by atoms with van der Waals surface area (Å²) in [6.07, 6.45) is 1.92. The third kappa shape index (κ3) is 4.33. The van der Waals surface area contributed by atoms with Gasteiger partial charge < -0.3 is 0 Å². The van der Waals surface area contributed by atoms with Gasteiger partial charge in [-0.1, -0.05) is 36.4 Å². The van der Waals surface area contributed by atoms with Crippen LogP contribution < -0.4 is 0 Å². The van der Waals surface area contributed by atoms with Crippen LogP contribution in [0.15, 0.2) is 54.7 Å². The van der Waals surface area contributed by atoms with E-state index >= 15 is 0 Å². The number of aromatic nitrogens is 4. The maximum absolute atomic E-state index is 12.2. The van der Waals surface area contributed by atoms with E-state index in [1.165, 1.54) is 5.56 Å². The van der Waals surface area contributed by atoms with Crippen LogP contribution in [0.2, 0.25) is 0 Å². The predicted molar refractivity (Wildman–Crippen MR) is 91.1 cm³/mol. The molecule has 3 aromatic rings. The van der Waals surface area contributed by atoms with E-state index in [1.54, 1.807) is 6.20 Å². The predicted octanol–water partition coefficient (Wildman–Crippen LogP) is 2.11. The van der Waals surface area contributed by atoms with Gasteiger partial charge in [0, 0.05) is 12.7 Å². The lowest BCUT2D eigenvalue weighted by molar-refractivity contribution is -0.119. The van der Waals surface area contributed by atoms with Crippen molar-refractivity contribution in [3.63, 3.8) is 0 Å². The first kappa shape index (κ1) is 16.0. The van der Waals surface area contributed by atoms with Crippen LogP contribution in [-0.4, -0.2) is 44.4 Å². The van der Waals surface area contributed by atoms with Crippen LogP contribution in [0.5, 0.6) is 0 Å². The van der Waals surface area contributed by atoms with Gasteiger partial charge in [-0.3, -0.25) is 19.8 Å². The van der Waals surface area contributed by atoms with Crippen LogP contribution in [0.4, 0.5) is 0 Å². The highest BCUT2D eigenvalue weighted by Crippen LogP contribution is 2.10. The molecule has 24 heavy (non-hydrogen) atoms. The van der Waals surface area contributed by atoms with Crippen molar-refractivity contribution in [3.8, 4) is 11.5 Å². The first-order chi connectivity index (χ1) is 11.7. The number of H-pyrrole nitrogens is 1. The van der Waals surface area contributed by atoms with Crippen LogP contribution in [0.3, 0.4) is 0 Å². The molecule has 0 saturated carbocycles. The molecule has 2 aromatic heterocycles. The molecule has 1 aromatic carbocycles. The van der Waals surface area contributed by atoms with Crippen LogP contribution in [0.25, 0.3) is 11.5 Å². The fourth-order valence-electron chi connectivity index (χ4n) is 2.48. The summed E-state index contributed by atoms with van der Waals surface area (Å²) in [6.45, 7) is 1.11. The molecule has 0 amide bonds. The topological polar surface area (TPSA) is 74.8 Å². The van der Waals surface area contributed by atoms with E-state index in [0.29, 0.717) is 23.9 Å². The van der Waals surface area contributed by atoms with Gasteiger partial charge in [-0.25, -0.2) is 4.98 Å². The average molecular weight is 321 g/mol. The Bertz CT molecular complexity index is 785. The molecule has 122 valence electrons. The van der Waals surface area contributed by atoms with E-state index in [-0.39, 0.29) is 12.2 Å². The highest BCUT2D eigenvalue weighted by Gasteiger charge is 2.12. The normalized spacial score (nSPS) is 10.9. The fraction of sp³-hybridized carbons (Fsp3) is 0.222. The molecule has 3 rings (SSSR count). The van der Waals surface area contributed by atoms with Crippen molar-refractivity contribution in [3.05, 3.63) is 66.1 Å². The quantitative estimate of drug-likeness (QED) is 0.721. The molecular weight excluding hydrogens is 302 g/mol. The highest BCUT2D eigenvalue weighted by atomic mass is 16.1. The minimum Gasteiger partial charge on any atom is -0.298 e. The average Bonchev–Trinajstić information content (AvgIpc) is 3.04. The van der Waals surface area contributed by atoms with Gasteiger partial charge in [-0.05, 0) is 24.7 Å². The first-order valence-electron chi connectivity index (χ1n) is 7.77. The Hall–Kier alpha value is -2.86. The summed E-state index contributed by atoms with van der Waals surface area (Å²) in [7, 11) is 1.94. The summed E-state index contributed by atoms with van der Waals surface area (Å²) >= 11 is 0. The molecule has 6 nitrogen and oxygen atoms in total. The SMILES string of the molecule is CN(CC(=O)Cc1nc(-c2ccccn2)n[nH]1)Cc1ccccc1.